The second-order valence-corrected chi connectivity index (χ2v) is 4.02. The van der Waals surface area contributed by atoms with E-state index >= 15 is 0 Å². The van der Waals surface area contributed by atoms with Crippen LogP contribution in [0.2, 0.25) is 0 Å². The quantitative estimate of drug-likeness (QED) is 0.601. The molecule has 11 heavy (non-hydrogen) atoms. The molecule has 2 atom stereocenters. The Morgan fingerprint density at radius 1 is 1.73 bits per heavy atom. The van der Waals surface area contributed by atoms with Crippen LogP contribution in [0.15, 0.2) is 5.38 Å². The highest BCUT2D eigenvalue weighted by atomic mass is 32.1. The Labute approximate surface area is 70.2 Å². The van der Waals surface area contributed by atoms with E-state index in [0.29, 0.717) is 6.10 Å². The molecule has 2 rings (SSSR count). The van der Waals surface area contributed by atoms with Crippen LogP contribution in [0.4, 0.5) is 0 Å². The molecule has 0 bridgehead atoms. The summed E-state index contributed by atoms with van der Waals surface area (Å²) in [5, 5.41) is 3.18. The number of aryl methyl sites for hydroxylation is 1. The lowest BCUT2D eigenvalue weighted by Crippen LogP contribution is -2.04. The first-order chi connectivity index (χ1) is 5.13. The second-order valence-electron chi connectivity index (χ2n) is 3.16. The SMILES string of the molecule is Cc1csc([C@@]2(C)O[C@H]2C)n1. The Morgan fingerprint density at radius 3 is 2.73 bits per heavy atom. The first-order valence-corrected chi connectivity index (χ1v) is 4.61. The Morgan fingerprint density at radius 2 is 2.36 bits per heavy atom. The van der Waals surface area contributed by atoms with Gasteiger partial charge in [-0.15, -0.1) is 11.3 Å². The molecule has 1 aliphatic rings. The number of nitrogens with zero attached hydrogens (tertiary/aromatic N) is 1. The fourth-order valence-corrected chi connectivity index (χ4v) is 2.12. The molecule has 0 radical (unpaired) electrons. The summed E-state index contributed by atoms with van der Waals surface area (Å²) in [6, 6.07) is 0. The maximum absolute atomic E-state index is 5.45. The van der Waals surface area contributed by atoms with Crippen molar-refractivity contribution in [2.45, 2.75) is 32.5 Å². The van der Waals surface area contributed by atoms with E-state index in [-0.39, 0.29) is 5.60 Å². The largest absolute Gasteiger partial charge is 0.359 e. The maximum Gasteiger partial charge on any atom is 0.143 e. The predicted octanol–water partition coefficient (Wildman–Crippen LogP) is 2.09. The van der Waals surface area contributed by atoms with Gasteiger partial charge in [0.05, 0.1) is 6.10 Å². The number of hydrogen-bond acceptors (Lipinski definition) is 3. The summed E-state index contributed by atoms with van der Waals surface area (Å²) in [6.07, 6.45) is 0.341. The zero-order valence-corrected chi connectivity index (χ0v) is 7.73. The summed E-state index contributed by atoms with van der Waals surface area (Å²) < 4.78 is 5.45. The fourth-order valence-electron chi connectivity index (χ4n) is 1.14. The van der Waals surface area contributed by atoms with Crippen molar-refractivity contribution in [3.63, 3.8) is 0 Å². The average Bonchev–Trinajstić information content (AvgIpc) is 2.44. The van der Waals surface area contributed by atoms with Crippen molar-refractivity contribution in [3.05, 3.63) is 16.1 Å². The molecule has 0 aromatic carbocycles. The van der Waals surface area contributed by atoms with Gasteiger partial charge in [0.15, 0.2) is 0 Å². The van der Waals surface area contributed by atoms with Gasteiger partial charge in [0.1, 0.15) is 10.6 Å². The molecule has 2 nitrogen and oxygen atoms in total. The van der Waals surface area contributed by atoms with E-state index in [1.165, 1.54) is 0 Å². The summed E-state index contributed by atoms with van der Waals surface area (Å²) >= 11 is 1.69. The average molecular weight is 169 g/mol. The molecular weight excluding hydrogens is 158 g/mol. The third-order valence-electron chi connectivity index (χ3n) is 2.18. The molecule has 0 aliphatic carbocycles. The lowest BCUT2D eigenvalue weighted by Gasteiger charge is -1.97. The highest BCUT2D eigenvalue weighted by Crippen LogP contribution is 2.46. The normalized spacial score (nSPS) is 35.7. The highest BCUT2D eigenvalue weighted by molar-refractivity contribution is 7.09. The molecule has 2 heterocycles. The molecule has 1 aromatic heterocycles. The Kier molecular flexibility index (Phi) is 1.35. The van der Waals surface area contributed by atoms with Crippen LogP contribution in [-0.4, -0.2) is 11.1 Å². The van der Waals surface area contributed by atoms with Gasteiger partial charge in [0.25, 0.3) is 0 Å². The third kappa shape index (κ3) is 0.993. The van der Waals surface area contributed by atoms with Gasteiger partial charge in [0, 0.05) is 11.1 Å². The summed E-state index contributed by atoms with van der Waals surface area (Å²) in [5.41, 5.74) is 1.02. The van der Waals surface area contributed by atoms with Crippen molar-refractivity contribution < 1.29 is 4.74 Å². The number of thiazole rings is 1. The van der Waals surface area contributed by atoms with Crippen LogP contribution in [0.25, 0.3) is 0 Å². The van der Waals surface area contributed by atoms with Crippen LogP contribution in [0.1, 0.15) is 24.5 Å². The predicted molar refractivity (Wildman–Crippen MR) is 44.8 cm³/mol. The van der Waals surface area contributed by atoms with E-state index in [9.17, 15) is 0 Å². The molecule has 0 unspecified atom stereocenters. The molecule has 1 fully saturated rings. The summed E-state index contributed by atoms with van der Waals surface area (Å²) in [5.74, 6) is 0. The van der Waals surface area contributed by atoms with Gasteiger partial charge in [-0.2, -0.15) is 0 Å². The van der Waals surface area contributed by atoms with E-state index in [4.69, 9.17) is 4.74 Å². The second kappa shape index (κ2) is 2.05. The summed E-state index contributed by atoms with van der Waals surface area (Å²) in [7, 11) is 0. The lowest BCUT2D eigenvalue weighted by atomic mass is 10.1. The molecule has 1 aliphatic heterocycles. The Balaban J connectivity index is 2.31. The van der Waals surface area contributed by atoms with E-state index in [1.54, 1.807) is 11.3 Å². The Bertz CT molecular complexity index is 283. The van der Waals surface area contributed by atoms with Gasteiger partial charge in [-0.3, -0.25) is 0 Å². The molecule has 1 saturated heterocycles. The van der Waals surface area contributed by atoms with Crippen molar-refractivity contribution in [1.82, 2.24) is 4.98 Å². The first kappa shape index (κ1) is 7.25. The minimum atomic E-state index is -0.0705. The topological polar surface area (TPSA) is 25.4 Å². The summed E-state index contributed by atoms with van der Waals surface area (Å²) in [4.78, 5) is 4.39. The van der Waals surface area contributed by atoms with E-state index in [2.05, 4.69) is 24.2 Å². The fraction of sp³-hybridized carbons (Fsp3) is 0.625. The number of aromatic nitrogens is 1. The van der Waals surface area contributed by atoms with Gasteiger partial charge in [-0.1, -0.05) is 0 Å². The van der Waals surface area contributed by atoms with Crippen LogP contribution in [-0.2, 0) is 10.3 Å². The zero-order chi connectivity index (χ0) is 8.06. The number of hydrogen-bond donors (Lipinski definition) is 0. The minimum Gasteiger partial charge on any atom is -0.359 e. The number of epoxide rings is 1. The van der Waals surface area contributed by atoms with Crippen molar-refractivity contribution in [1.29, 1.82) is 0 Å². The van der Waals surface area contributed by atoms with Crippen molar-refractivity contribution in [2.75, 3.05) is 0 Å². The van der Waals surface area contributed by atoms with E-state index in [1.807, 2.05) is 6.92 Å². The molecular formula is C8H11NOS. The highest BCUT2D eigenvalue weighted by Gasteiger charge is 2.52. The number of rotatable bonds is 1. The molecule has 60 valence electrons. The molecule has 0 amide bonds. The van der Waals surface area contributed by atoms with Gasteiger partial charge in [0.2, 0.25) is 0 Å². The standard InChI is InChI=1S/C8H11NOS/c1-5-4-11-7(9-5)8(3)6(2)10-8/h4,6H,1-3H3/t6-,8-/m0/s1. The van der Waals surface area contributed by atoms with Crippen molar-refractivity contribution in [2.24, 2.45) is 0 Å². The first-order valence-electron chi connectivity index (χ1n) is 3.73. The van der Waals surface area contributed by atoms with Gasteiger partial charge < -0.3 is 4.74 Å². The zero-order valence-electron chi connectivity index (χ0n) is 6.92. The molecule has 0 N–H and O–H groups in total. The van der Waals surface area contributed by atoms with Gasteiger partial charge >= 0.3 is 0 Å². The molecule has 0 spiro atoms. The maximum atomic E-state index is 5.45. The van der Waals surface area contributed by atoms with Crippen LogP contribution >= 0.6 is 11.3 Å². The number of ether oxygens (including phenoxy) is 1. The van der Waals surface area contributed by atoms with Crippen molar-refractivity contribution in [3.8, 4) is 0 Å². The lowest BCUT2D eigenvalue weighted by molar-refractivity contribution is 0.315. The minimum absolute atomic E-state index is 0.0705. The third-order valence-corrected chi connectivity index (χ3v) is 3.36. The molecule has 1 aromatic rings. The summed E-state index contributed by atoms with van der Waals surface area (Å²) in [6.45, 7) is 6.18. The Hall–Kier alpha value is -0.410. The van der Waals surface area contributed by atoms with Crippen LogP contribution < -0.4 is 0 Å². The van der Waals surface area contributed by atoms with Crippen LogP contribution in [0.5, 0.6) is 0 Å². The van der Waals surface area contributed by atoms with Gasteiger partial charge in [-0.05, 0) is 20.8 Å². The van der Waals surface area contributed by atoms with Gasteiger partial charge in [-0.25, -0.2) is 4.98 Å². The van der Waals surface area contributed by atoms with E-state index < -0.39 is 0 Å². The molecule has 0 saturated carbocycles. The van der Waals surface area contributed by atoms with Crippen LogP contribution in [0.3, 0.4) is 0 Å². The molecule has 3 heteroatoms. The van der Waals surface area contributed by atoms with Crippen molar-refractivity contribution >= 4 is 11.3 Å². The monoisotopic (exact) mass is 169 g/mol. The van der Waals surface area contributed by atoms with E-state index in [0.717, 1.165) is 10.7 Å². The van der Waals surface area contributed by atoms with Crippen LogP contribution in [0, 0.1) is 6.92 Å². The smallest absolute Gasteiger partial charge is 0.143 e.